The zero-order valence-electron chi connectivity index (χ0n) is 15.2. The molecule has 1 aromatic heterocycles. The summed E-state index contributed by atoms with van der Waals surface area (Å²) in [7, 11) is 0. The number of amides is 1. The minimum Gasteiger partial charge on any atom is -0.335 e. The van der Waals surface area contributed by atoms with Gasteiger partial charge < -0.3 is 14.5 Å². The summed E-state index contributed by atoms with van der Waals surface area (Å²) < 4.78 is 1.39. The fourth-order valence-electron chi connectivity index (χ4n) is 3.09. The van der Waals surface area contributed by atoms with Crippen molar-refractivity contribution in [3.63, 3.8) is 0 Å². The van der Waals surface area contributed by atoms with E-state index < -0.39 is 11.1 Å². The van der Waals surface area contributed by atoms with Gasteiger partial charge in [0.15, 0.2) is 0 Å². The maximum atomic E-state index is 12.9. The molecule has 1 heterocycles. The second-order valence-electron chi connectivity index (χ2n) is 6.18. The van der Waals surface area contributed by atoms with Gasteiger partial charge in [0.05, 0.1) is 11.0 Å². The fourth-order valence-corrected chi connectivity index (χ4v) is 3.30. The standard InChI is InChI=1S/C20H20ClN3O3/c1-3-23(12-13-6-5-7-15(21)10-13)19(26)14-8-9-17-16(11-14)22-18(25)20(27)24(17)4-2/h5-11H,3-4,12H2,1-2H3,(H,22,25). The van der Waals surface area contributed by atoms with Crippen molar-refractivity contribution in [2.75, 3.05) is 6.54 Å². The van der Waals surface area contributed by atoms with Crippen LogP contribution in [0.4, 0.5) is 0 Å². The predicted octanol–water partition coefficient (Wildman–Crippen LogP) is 3.03. The highest BCUT2D eigenvalue weighted by Gasteiger charge is 2.16. The lowest BCUT2D eigenvalue weighted by Crippen LogP contribution is -2.36. The highest BCUT2D eigenvalue weighted by Crippen LogP contribution is 2.17. The van der Waals surface area contributed by atoms with Crippen LogP contribution in [-0.4, -0.2) is 26.9 Å². The number of carbonyl (C=O) groups excluding carboxylic acids is 1. The zero-order chi connectivity index (χ0) is 19.6. The van der Waals surface area contributed by atoms with Crippen LogP contribution in [0.15, 0.2) is 52.1 Å². The Balaban J connectivity index is 1.97. The van der Waals surface area contributed by atoms with Crippen LogP contribution in [-0.2, 0) is 13.1 Å². The molecule has 0 saturated heterocycles. The molecule has 27 heavy (non-hydrogen) atoms. The van der Waals surface area contributed by atoms with Crippen molar-refractivity contribution >= 4 is 28.5 Å². The van der Waals surface area contributed by atoms with E-state index in [4.69, 9.17) is 11.6 Å². The zero-order valence-corrected chi connectivity index (χ0v) is 15.9. The van der Waals surface area contributed by atoms with Crippen molar-refractivity contribution in [1.82, 2.24) is 14.5 Å². The average Bonchev–Trinajstić information content (AvgIpc) is 2.66. The first kappa shape index (κ1) is 18.9. The Morgan fingerprint density at radius 1 is 1.15 bits per heavy atom. The Morgan fingerprint density at radius 3 is 2.59 bits per heavy atom. The minimum absolute atomic E-state index is 0.158. The normalized spacial score (nSPS) is 10.9. The van der Waals surface area contributed by atoms with Crippen molar-refractivity contribution in [1.29, 1.82) is 0 Å². The number of aromatic amines is 1. The molecule has 3 aromatic rings. The quantitative estimate of drug-likeness (QED) is 0.686. The summed E-state index contributed by atoms with van der Waals surface area (Å²) in [6, 6.07) is 12.4. The fraction of sp³-hybridized carbons (Fsp3) is 0.250. The highest BCUT2D eigenvalue weighted by atomic mass is 35.5. The monoisotopic (exact) mass is 385 g/mol. The molecule has 0 aliphatic heterocycles. The maximum absolute atomic E-state index is 12.9. The molecule has 140 valence electrons. The van der Waals surface area contributed by atoms with E-state index in [0.717, 1.165) is 5.56 Å². The Morgan fingerprint density at radius 2 is 1.93 bits per heavy atom. The first-order valence-electron chi connectivity index (χ1n) is 8.75. The number of aromatic nitrogens is 2. The van der Waals surface area contributed by atoms with Crippen molar-refractivity contribution in [2.24, 2.45) is 0 Å². The summed E-state index contributed by atoms with van der Waals surface area (Å²) in [5.74, 6) is -0.158. The van der Waals surface area contributed by atoms with E-state index in [2.05, 4.69) is 4.98 Å². The molecule has 0 spiro atoms. The highest BCUT2D eigenvalue weighted by molar-refractivity contribution is 6.30. The summed E-state index contributed by atoms with van der Waals surface area (Å²) in [6.07, 6.45) is 0. The van der Waals surface area contributed by atoms with Crippen molar-refractivity contribution in [3.05, 3.63) is 79.3 Å². The summed E-state index contributed by atoms with van der Waals surface area (Å²) in [5, 5.41) is 0.622. The summed E-state index contributed by atoms with van der Waals surface area (Å²) in [4.78, 5) is 41.0. The molecule has 0 aliphatic rings. The van der Waals surface area contributed by atoms with Crippen LogP contribution in [0, 0.1) is 0 Å². The topological polar surface area (TPSA) is 75.2 Å². The van der Waals surface area contributed by atoms with E-state index in [9.17, 15) is 14.4 Å². The van der Waals surface area contributed by atoms with E-state index in [-0.39, 0.29) is 5.91 Å². The second-order valence-corrected chi connectivity index (χ2v) is 6.62. The van der Waals surface area contributed by atoms with Gasteiger partial charge in [0.2, 0.25) is 0 Å². The number of rotatable bonds is 5. The Bertz CT molecular complexity index is 1120. The van der Waals surface area contributed by atoms with Gasteiger partial charge in [0.25, 0.3) is 5.91 Å². The molecule has 6 nitrogen and oxygen atoms in total. The van der Waals surface area contributed by atoms with E-state index >= 15 is 0 Å². The molecule has 3 rings (SSSR count). The Hall–Kier alpha value is -2.86. The molecule has 0 aliphatic carbocycles. The van der Waals surface area contributed by atoms with Crippen molar-refractivity contribution in [3.8, 4) is 0 Å². The third kappa shape index (κ3) is 3.80. The van der Waals surface area contributed by atoms with Crippen LogP contribution in [0.5, 0.6) is 0 Å². The van der Waals surface area contributed by atoms with Gasteiger partial charge in [0.1, 0.15) is 0 Å². The number of fused-ring (bicyclic) bond motifs is 1. The number of halogens is 1. The van der Waals surface area contributed by atoms with Gasteiger partial charge >= 0.3 is 11.1 Å². The molecule has 2 aromatic carbocycles. The molecule has 0 unspecified atom stereocenters. The van der Waals surface area contributed by atoms with Crippen LogP contribution >= 0.6 is 11.6 Å². The molecule has 0 atom stereocenters. The van der Waals surface area contributed by atoms with E-state index in [1.165, 1.54) is 4.57 Å². The summed E-state index contributed by atoms with van der Waals surface area (Å²) in [6.45, 7) is 5.03. The first-order valence-corrected chi connectivity index (χ1v) is 9.13. The minimum atomic E-state index is -0.694. The van der Waals surface area contributed by atoms with Gasteiger partial charge in [0, 0.05) is 30.2 Å². The second kappa shape index (κ2) is 7.80. The lowest BCUT2D eigenvalue weighted by molar-refractivity contribution is 0.0752. The lowest BCUT2D eigenvalue weighted by atomic mass is 10.1. The van der Waals surface area contributed by atoms with Crippen LogP contribution in [0.25, 0.3) is 11.0 Å². The van der Waals surface area contributed by atoms with Gasteiger partial charge in [-0.15, -0.1) is 0 Å². The summed E-state index contributed by atoms with van der Waals surface area (Å²) in [5.41, 5.74) is 1.15. The van der Waals surface area contributed by atoms with Gasteiger partial charge in [-0.2, -0.15) is 0 Å². The van der Waals surface area contributed by atoms with Crippen LogP contribution in [0.2, 0.25) is 5.02 Å². The lowest BCUT2D eigenvalue weighted by Gasteiger charge is -2.21. The number of nitrogens with zero attached hydrogens (tertiary/aromatic N) is 2. The number of H-pyrrole nitrogens is 1. The SMILES string of the molecule is CCN(Cc1cccc(Cl)c1)C(=O)c1ccc2c(c1)[nH]c(=O)c(=O)n2CC. The predicted molar refractivity (Wildman–Crippen MR) is 106 cm³/mol. The number of aryl methyl sites for hydroxylation is 1. The number of carbonyl (C=O) groups is 1. The van der Waals surface area contributed by atoms with Gasteiger partial charge in [-0.05, 0) is 49.7 Å². The molecule has 0 saturated carbocycles. The maximum Gasteiger partial charge on any atom is 0.316 e. The number of nitrogens with one attached hydrogen (secondary N) is 1. The average molecular weight is 386 g/mol. The summed E-state index contributed by atoms with van der Waals surface area (Å²) >= 11 is 6.02. The van der Waals surface area contributed by atoms with Crippen LogP contribution in [0.3, 0.4) is 0 Å². The van der Waals surface area contributed by atoms with Gasteiger partial charge in [-0.1, -0.05) is 23.7 Å². The Kier molecular flexibility index (Phi) is 5.46. The number of hydrogen-bond acceptors (Lipinski definition) is 3. The third-order valence-electron chi connectivity index (χ3n) is 4.47. The van der Waals surface area contributed by atoms with Crippen LogP contribution < -0.4 is 11.1 Å². The molecule has 0 fully saturated rings. The number of benzene rings is 2. The van der Waals surface area contributed by atoms with Gasteiger partial charge in [-0.25, -0.2) is 0 Å². The molecule has 0 bridgehead atoms. The van der Waals surface area contributed by atoms with Gasteiger partial charge in [-0.3, -0.25) is 14.4 Å². The van der Waals surface area contributed by atoms with Crippen molar-refractivity contribution in [2.45, 2.75) is 26.9 Å². The molecule has 1 N–H and O–H groups in total. The Labute approximate surface area is 161 Å². The number of hydrogen-bond donors (Lipinski definition) is 1. The van der Waals surface area contributed by atoms with Crippen molar-refractivity contribution < 1.29 is 4.79 Å². The molecular weight excluding hydrogens is 366 g/mol. The molecule has 7 heteroatoms. The molecule has 1 amide bonds. The first-order chi connectivity index (χ1) is 12.9. The largest absolute Gasteiger partial charge is 0.335 e. The molecule has 0 radical (unpaired) electrons. The van der Waals surface area contributed by atoms with E-state index in [0.29, 0.717) is 41.3 Å². The van der Waals surface area contributed by atoms with E-state index in [1.54, 1.807) is 36.1 Å². The third-order valence-corrected chi connectivity index (χ3v) is 4.70. The molecular formula is C20H20ClN3O3. The van der Waals surface area contributed by atoms with E-state index in [1.807, 2.05) is 25.1 Å². The van der Waals surface area contributed by atoms with Crippen LogP contribution in [0.1, 0.15) is 29.8 Å². The smallest absolute Gasteiger partial charge is 0.316 e.